The van der Waals surface area contributed by atoms with Crippen molar-refractivity contribution < 1.29 is 9.59 Å². The highest BCUT2D eigenvalue weighted by Gasteiger charge is 2.30. The molecule has 0 unspecified atom stereocenters. The molecule has 2 amide bonds. The van der Waals surface area contributed by atoms with Crippen molar-refractivity contribution in [2.24, 2.45) is 11.7 Å². The Morgan fingerprint density at radius 1 is 1.29 bits per heavy atom. The smallest absolute Gasteiger partial charge is 0.252 e. The molecule has 3 aromatic rings. The monoisotopic (exact) mass is 395 g/mol. The first kappa shape index (κ1) is 18.2. The highest BCUT2D eigenvalue weighted by Crippen LogP contribution is 2.32. The predicted octanol–water partition coefficient (Wildman–Crippen LogP) is 3.34. The lowest BCUT2D eigenvalue weighted by Gasteiger charge is -2.09. The lowest BCUT2D eigenvalue weighted by atomic mass is 10.1. The van der Waals surface area contributed by atoms with Crippen LogP contribution < -0.4 is 11.1 Å². The van der Waals surface area contributed by atoms with Crippen LogP contribution in [0, 0.1) is 12.8 Å². The molecule has 0 aliphatic heterocycles. The fourth-order valence-corrected chi connectivity index (χ4v) is 3.16. The second kappa shape index (κ2) is 7.09. The average Bonchev–Trinajstić information content (AvgIpc) is 3.43. The number of halogens is 1. The molecule has 1 aromatic carbocycles. The Balaban J connectivity index is 1.77. The molecule has 8 heteroatoms. The molecule has 2 aromatic heterocycles. The minimum absolute atomic E-state index is 0.0302. The number of anilines is 1. The number of hydrogen-bond acceptors (Lipinski definition) is 4. The summed E-state index contributed by atoms with van der Waals surface area (Å²) in [5.41, 5.74) is 8.35. The van der Waals surface area contributed by atoms with Crippen molar-refractivity contribution in [2.75, 3.05) is 5.32 Å². The predicted molar refractivity (Wildman–Crippen MR) is 106 cm³/mol. The van der Waals surface area contributed by atoms with Gasteiger partial charge in [0.1, 0.15) is 11.5 Å². The van der Waals surface area contributed by atoms with Crippen LogP contribution in [-0.2, 0) is 4.79 Å². The van der Waals surface area contributed by atoms with Gasteiger partial charge in [-0.05, 0) is 31.4 Å². The molecule has 1 aliphatic rings. The standard InChI is InChI=1S/C20H18ClN5O2/c1-11-9-23-17(24-20(28)12-6-7-12)8-16(11)26-10-14(19(22)27)18(25-26)13-4-2-3-5-15(13)21/h2-5,8-10,12H,6-7H2,1H3,(H2,22,27)(H,23,24,28). The van der Waals surface area contributed by atoms with Crippen LogP contribution in [0.5, 0.6) is 0 Å². The van der Waals surface area contributed by atoms with Gasteiger partial charge in [-0.25, -0.2) is 9.67 Å². The number of aryl methyl sites for hydroxylation is 1. The van der Waals surface area contributed by atoms with Gasteiger partial charge in [-0.3, -0.25) is 9.59 Å². The van der Waals surface area contributed by atoms with Crippen LogP contribution in [-0.4, -0.2) is 26.6 Å². The SMILES string of the molecule is Cc1cnc(NC(=O)C2CC2)cc1-n1cc(C(N)=O)c(-c2ccccc2Cl)n1. The number of carbonyl (C=O) groups excluding carboxylic acids is 2. The van der Waals surface area contributed by atoms with Gasteiger partial charge >= 0.3 is 0 Å². The molecule has 0 atom stereocenters. The summed E-state index contributed by atoms with van der Waals surface area (Å²) in [5.74, 6) is -0.120. The maximum Gasteiger partial charge on any atom is 0.252 e. The number of amides is 2. The summed E-state index contributed by atoms with van der Waals surface area (Å²) in [6.07, 6.45) is 5.04. The normalized spacial score (nSPS) is 13.4. The van der Waals surface area contributed by atoms with Crippen molar-refractivity contribution in [2.45, 2.75) is 19.8 Å². The number of nitrogens with zero attached hydrogens (tertiary/aromatic N) is 3. The summed E-state index contributed by atoms with van der Waals surface area (Å²) in [6.45, 7) is 1.87. The summed E-state index contributed by atoms with van der Waals surface area (Å²) in [5, 5.41) is 7.85. The van der Waals surface area contributed by atoms with Crippen molar-refractivity contribution in [3.63, 3.8) is 0 Å². The van der Waals surface area contributed by atoms with E-state index in [4.69, 9.17) is 17.3 Å². The van der Waals surface area contributed by atoms with E-state index in [-0.39, 0.29) is 17.4 Å². The van der Waals surface area contributed by atoms with E-state index in [0.29, 0.717) is 27.8 Å². The van der Waals surface area contributed by atoms with Gasteiger partial charge in [-0.15, -0.1) is 0 Å². The first-order chi connectivity index (χ1) is 13.4. The van der Waals surface area contributed by atoms with E-state index in [1.165, 1.54) is 0 Å². The Hall–Kier alpha value is -3.19. The van der Waals surface area contributed by atoms with E-state index in [1.54, 1.807) is 41.3 Å². The van der Waals surface area contributed by atoms with Crippen LogP contribution in [0.2, 0.25) is 5.02 Å². The number of hydrogen-bond donors (Lipinski definition) is 2. The highest BCUT2D eigenvalue weighted by atomic mass is 35.5. The molecular weight excluding hydrogens is 378 g/mol. The topological polar surface area (TPSA) is 103 Å². The zero-order valence-corrected chi connectivity index (χ0v) is 15.9. The Bertz CT molecular complexity index is 1090. The average molecular weight is 396 g/mol. The van der Waals surface area contributed by atoms with Crippen molar-refractivity contribution in [3.8, 4) is 16.9 Å². The number of carbonyl (C=O) groups is 2. The molecule has 1 aliphatic carbocycles. The van der Waals surface area contributed by atoms with Gasteiger partial charge in [-0.2, -0.15) is 5.10 Å². The molecule has 1 saturated carbocycles. The first-order valence-corrected chi connectivity index (χ1v) is 9.24. The van der Waals surface area contributed by atoms with E-state index >= 15 is 0 Å². The van der Waals surface area contributed by atoms with Gasteiger partial charge in [-0.1, -0.05) is 29.8 Å². The quantitative estimate of drug-likeness (QED) is 0.691. The number of nitrogens with two attached hydrogens (primary N) is 1. The van der Waals surface area contributed by atoms with Crippen molar-refractivity contribution in [3.05, 3.63) is 58.9 Å². The summed E-state index contributed by atoms with van der Waals surface area (Å²) >= 11 is 6.28. The van der Waals surface area contributed by atoms with Crippen molar-refractivity contribution in [1.29, 1.82) is 0 Å². The van der Waals surface area contributed by atoms with Gasteiger partial charge in [0, 0.05) is 29.9 Å². The molecule has 1 fully saturated rings. The Labute approximate surface area is 166 Å². The van der Waals surface area contributed by atoms with Crippen molar-refractivity contribution in [1.82, 2.24) is 14.8 Å². The van der Waals surface area contributed by atoms with E-state index in [0.717, 1.165) is 18.4 Å². The molecule has 3 N–H and O–H groups in total. The largest absolute Gasteiger partial charge is 0.365 e. The van der Waals surface area contributed by atoms with Crippen LogP contribution in [0.3, 0.4) is 0 Å². The number of aromatic nitrogens is 3. The number of primary amides is 1. The molecule has 142 valence electrons. The van der Waals surface area contributed by atoms with E-state index in [2.05, 4.69) is 15.4 Å². The first-order valence-electron chi connectivity index (χ1n) is 8.86. The molecule has 28 heavy (non-hydrogen) atoms. The van der Waals surface area contributed by atoms with E-state index < -0.39 is 5.91 Å². The van der Waals surface area contributed by atoms with Crippen molar-refractivity contribution >= 4 is 29.2 Å². The lowest BCUT2D eigenvalue weighted by Crippen LogP contribution is -2.15. The van der Waals surface area contributed by atoms with Gasteiger partial charge in [0.2, 0.25) is 5.91 Å². The zero-order valence-electron chi connectivity index (χ0n) is 15.1. The fourth-order valence-electron chi connectivity index (χ4n) is 2.93. The third kappa shape index (κ3) is 3.48. The number of rotatable bonds is 5. The minimum atomic E-state index is -0.602. The zero-order chi connectivity index (χ0) is 19.8. The summed E-state index contributed by atoms with van der Waals surface area (Å²) < 4.78 is 1.56. The minimum Gasteiger partial charge on any atom is -0.365 e. The molecule has 0 spiro atoms. The maximum atomic E-state index is 12.0. The van der Waals surface area contributed by atoms with Crippen LogP contribution in [0.25, 0.3) is 16.9 Å². The molecule has 7 nitrogen and oxygen atoms in total. The second-order valence-corrected chi connectivity index (χ2v) is 7.21. The highest BCUT2D eigenvalue weighted by molar-refractivity contribution is 6.33. The lowest BCUT2D eigenvalue weighted by molar-refractivity contribution is -0.117. The second-order valence-electron chi connectivity index (χ2n) is 6.80. The molecule has 0 saturated heterocycles. The molecule has 0 radical (unpaired) electrons. The molecule has 2 heterocycles. The third-order valence-electron chi connectivity index (χ3n) is 4.63. The van der Waals surface area contributed by atoms with Crippen LogP contribution >= 0.6 is 11.6 Å². The van der Waals surface area contributed by atoms with E-state index in [9.17, 15) is 9.59 Å². The summed E-state index contributed by atoms with van der Waals surface area (Å²) in [7, 11) is 0. The Morgan fingerprint density at radius 3 is 2.71 bits per heavy atom. The van der Waals surface area contributed by atoms with Gasteiger partial charge in [0.25, 0.3) is 5.91 Å². The third-order valence-corrected chi connectivity index (χ3v) is 4.96. The van der Waals surface area contributed by atoms with E-state index in [1.807, 2.05) is 13.0 Å². The Morgan fingerprint density at radius 2 is 2.04 bits per heavy atom. The van der Waals surface area contributed by atoms with Crippen LogP contribution in [0.4, 0.5) is 5.82 Å². The number of pyridine rings is 1. The van der Waals surface area contributed by atoms with Crippen LogP contribution in [0.1, 0.15) is 28.8 Å². The summed E-state index contributed by atoms with van der Waals surface area (Å²) in [4.78, 5) is 28.3. The summed E-state index contributed by atoms with van der Waals surface area (Å²) in [6, 6.07) is 8.85. The molecular formula is C20H18ClN5O2. The van der Waals surface area contributed by atoms with Crippen LogP contribution in [0.15, 0.2) is 42.7 Å². The fraction of sp³-hybridized carbons (Fsp3) is 0.200. The molecule has 4 rings (SSSR count). The van der Waals surface area contributed by atoms with Gasteiger partial charge < -0.3 is 11.1 Å². The Kier molecular flexibility index (Phi) is 4.60. The number of nitrogens with one attached hydrogen (secondary N) is 1. The maximum absolute atomic E-state index is 12.0. The molecule has 0 bridgehead atoms. The van der Waals surface area contributed by atoms with Gasteiger partial charge in [0.05, 0.1) is 16.3 Å². The van der Waals surface area contributed by atoms with Gasteiger partial charge in [0.15, 0.2) is 0 Å². The number of benzene rings is 1.